The Bertz CT molecular complexity index is 980. The highest BCUT2D eigenvalue weighted by atomic mass is 16.5. The molecule has 3 aromatic rings. The summed E-state index contributed by atoms with van der Waals surface area (Å²) in [5.41, 5.74) is 3.25. The summed E-state index contributed by atoms with van der Waals surface area (Å²) in [6, 6.07) is 16.1. The van der Waals surface area contributed by atoms with Crippen molar-refractivity contribution in [1.29, 1.82) is 0 Å². The van der Waals surface area contributed by atoms with Crippen LogP contribution in [-0.4, -0.2) is 63.4 Å². The van der Waals surface area contributed by atoms with Gasteiger partial charge in [0.15, 0.2) is 0 Å². The van der Waals surface area contributed by atoms with Crippen LogP contribution in [0.15, 0.2) is 61.2 Å². The highest BCUT2D eigenvalue weighted by Crippen LogP contribution is 2.17. The first-order valence-corrected chi connectivity index (χ1v) is 11.1. The molecule has 1 atom stereocenters. The molecular formula is C24H30N6O2. The minimum atomic E-state index is -0.0748. The van der Waals surface area contributed by atoms with Gasteiger partial charge in [-0.1, -0.05) is 24.3 Å². The van der Waals surface area contributed by atoms with Crippen LogP contribution in [0.25, 0.3) is 5.69 Å². The van der Waals surface area contributed by atoms with Crippen LogP contribution < -0.4 is 10.1 Å². The highest BCUT2D eigenvalue weighted by Gasteiger charge is 2.22. The van der Waals surface area contributed by atoms with Gasteiger partial charge < -0.3 is 15.0 Å². The first-order valence-electron chi connectivity index (χ1n) is 11.1. The maximum atomic E-state index is 12.8. The minimum absolute atomic E-state index is 0.0152. The number of ether oxygens (including phenoxy) is 1. The van der Waals surface area contributed by atoms with E-state index in [0.717, 1.165) is 49.7 Å². The van der Waals surface area contributed by atoms with Gasteiger partial charge in [0.05, 0.1) is 18.3 Å². The van der Waals surface area contributed by atoms with Crippen molar-refractivity contribution in [3.8, 4) is 11.4 Å². The molecule has 0 bridgehead atoms. The number of hydrogen-bond acceptors (Lipinski definition) is 5. The molecule has 1 unspecified atom stereocenters. The van der Waals surface area contributed by atoms with Gasteiger partial charge >= 0.3 is 6.03 Å². The molecule has 0 spiro atoms. The molecule has 1 saturated heterocycles. The van der Waals surface area contributed by atoms with Gasteiger partial charge in [-0.15, -0.1) is 0 Å². The molecule has 8 heteroatoms. The van der Waals surface area contributed by atoms with E-state index in [2.05, 4.69) is 32.4 Å². The van der Waals surface area contributed by atoms with Crippen LogP contribution in [-0.2, 0) is 6.54 Å². The van der Waals surface area contributed by atoms with Crippen molar-refractivity contribution in [3.63, 3.8) is 0 Å². The standard InChI is InChI=1S/C24H30N6O2/c1-3-32-23-10-4-20(5-11-23)16-28-12-14-29(15-13-28)24(31)27-19(2)21-6-8-22(9-7-21)30-18-25-17-26-30/h4-11,17-19H,3,12-16H2,1-2H3,(H,27,31). The van der Waals surface area contributed by atoms with E-state index in [0.29, 0.717) is 6.61 Å². The number of amides is 2. The zero-order valence-corrected chi connectivity index (χ0v) is 18.6. The average Bonchev–Trinajstić information content (AvgIpc) is 3.36. The summed E-state index contributed by atoms with van der Waals surface area (Å²) in [6.07, 6.45) is 3.17. The monoisotopic (exact) mass is 434 g/mol. The van der Waals surface area contributed by atoms with Crippen molar-refractivity contribution in [1.82, 2.24) is 29.9 Å². The Kier molecular flexibility index (Phi) is 7.01. The number of piperazine rings is 1. The molecular weight excluding hydrogens is 404 g/mol. The van der Waals surface area contributed by atoms with E-state index in [4.69, 9.17) is 4.74 Å². The molecule has 0 aliphatic carbocycles. The fourth-order valence-corrected chi connectivity index (χ4v) is 3.84. The fraction of sp³-hybridized carbons (Fsp3) is 0.375. The van der Waals surface area contributed by atoms with Gasteiger partial charge in [-0.05, 0) is 49.2 Å². The van der Waals surface area contributed by atoms with Crippen molar-refractivity contribution >= 4 is 6.03 Å². The average molecular weight is 435 g/mol. The molecule has 1 aromatic heterocycles. The quantitative estimate of drug-likeness (QED) is 0.618. The van der Waals surface area contributed by atoms with E-state index >= 15 is 0 Å². The number of nitrogens with one attached hydrogen (secondary N) is 1. The van der Waals surface area contributed by atoms with Crippen LogP contribution in [0.5, 0.6) is 5.75 Å². The molecule has 32 heavy (non-hydrogen) atoms. The summed E-state index contributed by atoms with van der Waals surface area (Å²) in [5, 5.41) is 7.26. The smallest absolute Gasteiger partial charge is 0.317 e. The topological polar surface area (TPSA) is 75.5 Å². The molecule has 1 fully saturated rings. The highest BCUT2D eigenvalue weighted by molar-refractivity contribution is 5.74. The lowest BCUT2D eigenvalue weighted by molar-refractivity contribution is 0.133. The number of carbonyl (C=O) groups is 1. The van der Waals surface area contributed by atoms with Gasteiger partial charge in [-0.25, -0.2) is 14.5 Å². The SMILES string of the molecule is CCOc1ccc(CN2CCN(C(=O)NC(C)c3ccc(-n4cncn4)cc3)CC2)cc1. The van der Waals surface area contributed by atoms with E-state index in [9.17, 15) is 4.79 Å². The molecule has 168 valence electrons. The van der Waals surface area contributed by atoms with Gasteiger partial charge in [0, 0.05) is 32.7 Å². The summed E-state index contributed by atoms with van der Waals surface area (Å²) in [5.74, 6) is 0.903. The summed E-state index contributed by atoms with van der Waals surface area (Å²) >= 11 is 0. The van der Waals surface area contributed by atoms with Crippen molar-refractivity contribution in [2.75, 3.05) is 32.8 Å². The van der Waals surface area contributed by atoms with Crippen LogP contribution in [0.1, 0.15) is 31.0 Å². The molecule has 4 rings (SSSR count). The third-order valence-corrected chi connectivity index (χ3v) is 5.72. The molecule has 2 heterocycles. The first kappa shape index (κ1) is 21.8. The second kappa shape index (κ2) is 10.3. The Balaban J connectivity index is 1.24. The zero-order chi connectivity index (χ0) is 22.3. The van der Waals surface area contributed by atoms with Crippen molar-refractivity contribution in [3.05, 3.63) is 72.3 Å². The van der Waals surface area contributed by atoms with Crippen molar-refractivity contribution < 1.29 is 9.53 Å². The third-order valence-electron chi connectivity index (χ3n) is 5.72. The molecule has 2 aromatic carbocycles. The number of carbonyl (C=O) groups excluding carboxylic acids is 1. The Hall–Kier alpha value is -3.39. The predicted octanol–water partition coefficient (Wildman–Crippen LogP) is 3.25. The first-order chi connectivity index (χ1) is 15.6. The third kappa shape index (κ3) is 5.45. The Morgan fingerprint density at radius 3 is 2.41 bits per heavy atom. The van der Waals surface area contributed by atoms with Crippen LogP contribution in [0.3, 0.4) is 0 Å². The van der Waals surface area contributed by atoms with E-state index in [1.165, 1.54) is 11.9 Å². The van der Waals surface area contributed by atoms with Gasteiger partial charge in [-0.2, -0.15) is 5.10 Å². The molecule has 0 radical (unpaired) electrons. The largest absolute Gasteiger partial charge is 0.494 e. The second-order valence-electron chi connectivity index (χ2n) is 7.94. The number of aromatic nitrogens is 3. The van der Waals surface area contributed by atoms with Gasteiger partial charge in [-0.3, -0.25) is 4.90 Å². The second-order valence-corrected chi connectivity index (χ2v) is 7.94. The Labute approximate surface area is 188 Å². The lowest BCUT2D eigenvalue weighted by atomic mass is 10.1. The maximum absolute atomic E-state index is 12.8. The molecule has 0 saturated carbocycles. The molecule has 8 nitrogen and oxygen atoms in total. The Morgan fingerprint density at radius 2 is 1.78 bits per heavy atom. The van der Waals surface area contributed by atoms with Crippen LogP contribution >= 0.6 is 0 Å². The number of rotatable bonds is 7. The fourth-order valence-electron chi connectivity index (χ4n) is 3.84. The Morgan fingerprint density at radius 1 is 1.06 bits per heavy atom. The molecule has 1 aliphatic rings. The van der Waals surface area contributed by atoms with E-state index in [-0.39, 0.29) is 12.1 Å². The summed E-state index contributed by atoms with van der Waals surface area (Å²) in [7, 11) is 0. The number of urea groups is 1. The number of benzene rings is 2. The maximum Gasteiger partial charge on any atom is 0.317 e. The van der Waals surface area contributed by atoms with Gasteiger partial charge in [0.25, 0.3) is 0 Å². The van der Waals surface area contributed by atoms with E-state index < -0.39 is 0 Å². The number of hydrogen-bond donors (Lipinski definition) is 1. The lowest BCUT2D eigenvalue weighted by Crippen LogP contribution is -2.51. The normalized spacial score (nSPS) is 15.4. The van der Waals surface area contributed by atoms with Crippen LogP contribution in [0.4, 0.5) is 4.79 Å². The summed E-state index contributed by atoms with van der Waals surface area (Å²) in [6.45, 7) is 8.72. The van der Waals surface area contributed by atoms with Crippen LogP contribution in [0.2, 0.25) is 0 Å². The predicted molar refractivity (Wildman–Crippen MR) is 123 cm³/mol. The van der Waals surface area contributed by atoms with Crippen molar-refractivity contribution in [2.24, 2.45) is 0 Å². The van der Waals surface area contributed by atoms with Gasteiger partial charge in [0.2, 0.25) is 0 Å². The minimum Gasteiger partial charge on any atom is -0.494 e. The molecule has 1 aliphatic heterocycles. The number of nitrogens with zero attached hydrogens (tertiary/aromatic N) is 5. The van der Waals surface area contributed by atoms with E-state index in [1.807, 2.05) is 55.1 Å². The lowest BCUT2D eigenvalue weighted by Gasteiger charge is -2.35. The van der Waals surface area contributed by atoms with Crippen LogP contribution in [0, 0.1) is 0 Å². The zero-order valence-electron chi connectivity index (χ0n) is 18.6. The van der Waals surface area contributed by atoms with E-state index in [1.54, 1.807) is 11.0 Å². The van der Waals surface area contributed by atoms with Crippen molar-refractivity contribution in [2.45, 2.75) is 26.4 Å². The summed E-state index contributed by atoms with van der Waals surface area (Å²) < 4.78 is 7.21. The molecule has 1 N–H and O–H groups in total. The molecule has 2 amide bonds. The summed E-state index contributed by atoms with van der Waals surface area (Å²) in [4.78, 5) is 21.0. The van der Waals surface area contributed by atoms with Gasteiger partial charge in [0.1, 0.15) is 18.4 Å².